The smallest absolute Gasteiger partial charge is 0.153 e. The van der Waals surface area contributed by atoms with E-state index in [1.807, 2.05) is 0 Å². The van der Waals surface area contributed by atoms with Crippen LogP contribution in [0.25, 0.3) is 0 Å². The molecule has 0 spiro atoms. The number of hydrogen-bond acceptors (Lipinski definition) is 4. The van der Waals surface area contributed by atoms with Crippen molar-refractivity contribution in [3.05, 3.63) is 11.3 Å². The van der Waals surface area contributed by atoms with Crippen molar-refractivity contribution in [1.29, 1.82) is 0 Å². The van der Waals surface area contributed by atoms with Crippen LogP contribution in [0.5, 0.6) is 0 Å². The van der Waals surface area contributed by atoms with Crippen molar-refractivity contribution in [3.8, 4) is 0 Å². The quantitative estimate of drug-likeness (QED) is 0.797. The molecule has 4 nitrogen and oxygen atoms in total. The lowest BCUT2D eigenvalue weighted by molar-refractivity contribution is 0.682. The molecule has 82 valence electrons. The number of nitrogens with zero attached hydrogens (tertiary/aromatic N) is 3. The van der Waals surface area contributed by atoms with Crippen LogP contribution in [0.2, 0.25) is 5.02 Å². The monoisotopic (exact) mass is 226 g/mol. The molecule has 0 bridgehead atoms. The fourth-order valence-electron chi connectivity index (χ4n) is 2.17. The van der Waals surface area contributed by atoms with Crippen LogP contribution in [-0.4, -0.2) is 22.1 Å². The predicted octanol–water partition coefficient (Wildman–Crippen LogP) is 2.09. The van der Waals surface area contributed by atoms with E-state index in [1.54, 1.807) is 0 Å². The van der Waals surface area contributed by atoms with Crippen LogP contribution in [0.3, 0.4) is 0 Å². The summed E-state index contributed by atoms with van der Waals surface area (Å²) in [6, 6.07) is 0.929. The fourth-order valence-corrected chi connectivity index (χ4v) is 2.36. The first-order valence-corrected chi connectivity index (χ1v) is 5.53. The first kappa shape index (κ1) is 10.5. The van der Waals surface area contributed by atoms with Crippen molar-refractivity contribution in [2.24, 2.45) is 0 Å². The van der Waals surface area contributed by atoms with Crippen molar-refractivity contribution >= 4 is 23.2 Å². The largest absolute Gasteiger partial charge is 0.382 e. The summed E-state index contributed by atoms with van der Waals surface area (Å²) in [6.07, 6.45) is 3.80. The Morgan fingerprint density at radius 2 is 1.93 bits per heavy atom. The first-order chi connectivity index (χ1) is 7.11. The molecule has 15 heavy (non-hydrogen) atoms. The zero-order valence-corrected chi connectivity index (χ0v) is 9.70. The number of hydrogen-bond donors (Lipinski definition) is 1. The van der Waals surface area contributed by atoms with E-state index < -0.39 is 0 Å². The highest BCUT2D eigenvalue weighted by Gasteiger charge is 2.30. The van der Waals surface area contributed by atoms with Gasteiger partial charge in [0, 0.05) is 12.1 Å². The van der Waals surface area contributed by atoms with Crippen molar-refractivity contribution in [2.75, 3.05) is 10.6 Å². The molecule has 1 aliphatic heterocycles. The Morgan fingerprint density at radius 1 is 1.33 bits per heavy atom. The average molecular weight is 227 g/mol. The highest BCUT2D eigenvalue weighted by Crippen LogP contribution is 2.34. The van der Waals surface area contributed by atoms with Gasteiger partial charge in [0.2, 0.25) is 0 Å². The van der Waals surface area contributed by atoms with Gasteiger partial charge in [0.25, 0.3) is 0 Å². The van der Waals surface area contributed by atoms with Gasteiger partial charge in [0.05, 0.1) is 0 Å². The van der Waals surface area contributed by atoms with Gasteiger partial charge in [-0.3, -0.25) is 0 Å². The van der Waals surface area contributed by atoms with E-state index in [0.29, 0.717) is 22.9 Å². The molecule has 0 saturated carbocycles. The fraction of sp³-hybridized carbons (Fsp3) is 0.600. The summed E-state index contributed by atoms with van der Waals surface area (Å²) in [5, 5.41) is 0.470. The Labute approximate surface area is 94.5 Å². The van der Waals surface area contributed by atoms with Crippen LogP contribution < -0.4 is 10.6 Å². The van der Waals surface area contributed by atoms with E-state index >= 15 is 0 Å². The number of nitrogens with two attached hydrogens (primary N) is 1. The van der Waals surface area contributed by atoms with Gasteiger partial charge in [-0.1, -0.05) is 11.6 Å². The van der Waals surface area contributed by atoms with Crippen molar-refractivity contribution in [1.82, 2.24) is 9.97 Å². The van der Waals surface area contributed by atoms with Gasteiger partial charge < -0.3 is 10.6 Å². The molecule has 0 unspecified atom stereocenters. The Kier molecular flexibility index (Phi) is 2.69. The molecule has 1 aromatic heterocycles. The number of anilines is 2. The lowest BCUT2D eigenvalue weighted by Crippen LogP contribution is -2.33. The van der Waals surface area contributed by atoms with Crippen molar-refractivity contribution < 1.29 is 0 Å². The molecule has 1 saturated heterocycles. The summed E-state index contributed by atoms with van der Waals surface area (Å²) in [6.45, 7) is 4.36. The molecule has 2 rings (SSSR count). The second-order valence-electron chi connectivity index (χ2n) is 4.08. The van der Waals surface area contributed by atoms with Crippen LogP contribution in [0.1, 0.15) is 26.7 Å². The molecule has 0 radical (unpaired) electrons. The van der Waals surface area contributed by atoms with Crippen LogP contribution in [0, 0.1) is 0 Å². The summed E-state index contributed by atoms with van der Waals surface area (Å²) >= 11 is 6.11. The summed E-state index contributed by atoms with van der Waals surface area (Å²) in [7, 11) is 0. The molecule has 0 aromatic carbocycles. The van der Waals surface area contributed by atoms with E-state index in [0.717, 1.165) is 5.82 Å². The maximum Gasteiger partial charge on any atom is 0.153 e. The van der Waals surface area contributed by atoms with Crippen LogP contribution in [-0.2, 0) is 0 Å². The first-order valence-electron chi connectivity index (χ1n) is 5.15. The van der Waals surface area contributed by atoms with Gasteiger partial charge in [-0.25, -0.2) is 9.97 Å². The molecule has 1 aliphatic rings. The summed E-state index contributed by atoms with van der Waals surface area (Å²) < 4.78 is 0. The zero-order valence-electron chi connectivity index (χ0n) is 8.94. The van der Waals surface area contributed by atoms with Crippen LogP contribution in [0.4, 0.5) is 11.6 Å². The average Bonchev–Trinajstić information content (AvgIpc) is 2.52. The molecular weight excluding hydrogens is 212 g/mol. The third-order valence-electron chi connectivity index (χ3n) is 2.99. The molecule has 1 fully saturated rings. The summed E-state index contributed by atoms with van der Waals surface area (Å²) in [5.41, 5.74) is 5.67. The maximum atomic E-state index is 6.11. The minimum atomic E-state index is 0.355. The molecular formula is C10H15ClN4. The zero-order chi connectivity index (χ0) is 11.0. The molecule has 1 aromatic rings. The van der Waals surface area contributed by atoms with Crippen molar-refractivity contribution in [2.45, 2.75) is 38.8 Å². The van der Waals surface area contributed by atoms with E-state index in [9.17, 15) is 0 Å². The summed E-state index contributed by atoms with van der Waals surface area (Å²) in [4.78, 5) is 10.3. The Morgan fingerprint density at radius 3 is 2.53 bits per heavy atom. The number of halogens is 1. The SMILES string of the molecule is C[C@H]1CC[C@H](C)N1c1ncnc(N)c1Cl. The predicted molar refractivity (Wildman–Crippen MR) is 62.1 cm³/mol. The standard InChI is InChI=1S/C10H15ClN4/c1-6-3-4-7(2)15(6)10-8(11)9(12)13-5-14-10/h5-7H,3-4H2,1-2H3,(H2,12,13,14)/t6-,7-/m0/s1. The Balaban J connectivity index is 2.40. The molecule has 2 heterocycles. The maximum absolute atomic E-state index is 6.11. The van der Waals surface area contributed by atoms with Crippen molar-refractivity contribution in [3.63, 3.8) is 0 Å². The highest BCUT2D eigenvalue weighted by molar-refractivity contribution is 6.35. The molecule has 0 aliphatic carbocycles. The number of aromatic nitrogens is 2. The lowest BCUT2D eigenvalue weighted by Gasteiger charge is -2.28. The van der Waals surface area contributed by atoms with Gasteiger partial charge in [0.15, 0.2) is 5.82 Å². The highest BCUT2D eigenvalue weighted by atomic mass is 35.5. The third-order valence-corrected chi connectivity index (χ3v) is 3.36. The third kappa shape index (κ3) is 1.74. The Hall–Kier alpha value is -1.03. The summed E-state index contributed by atoms with van der Waals surface area (Å²) in [5.74, 6) is 1.12. The van der Waals surface area contributed by atoms with Gasteiger partial charge in [-0.15, -0.1) is 0 Å². The van der Waals surface area contributed by atoms with E-state index in [-0.39, 0.29) is 0 Å². The molecule has 2 atom stereocenters. The topological polar surface area (TPSA) is 55.0 Å². The van der Waals surface area contributed by atoms with Gasteiger partial charge in [-0.05, 0) is 26.7 Å². The second kappa shape index (κ2) is 3.85. The molecule has 0 amide bonds. The molecule has 2 N–H and O–H groups in total. The van der Waals surface area contributed by atoms with Crippen LogP contribution >= 0.6 is 11.6 Å². The number of rotatable bonds is 1. The molecule has 5 heteroatoms. The number of nitrogen functional groups attached to an aromatic ring is 1. The van der Waals surface area contributed by atoms with Gasteiger partial charge >= 0.3 is 0 Å². The van der Waals surface area contributed by atoms with Gasteiger partial charge in [-0.2, -0.15) is 0 Å². The van der Waals surface area contributed by atoms with E-state index in [1.165, 1.54) is 19.2 Å². The lowest BCUT2D eigenvalue weighted by atomic mass is 10.2. The minimum Gasteiger partial charge on any atom is -0.382 e. The van der Waals surface area contributed by atoms with E-state index in [4.69, 9.17) is 17.3 Å². The van der Waals surface area contributed by atoms with Gasteiger partial charge in [0.1, 0.15) is 17.2 Å². The normalized spacial score (nSPS) is 25.9. The second-order valence-corrected chi connectivity index (χ2v) is 4.46. The minimum absolute atomic E-state index is 0.355. The van der Waals surface area contributed by atoms with E-state index in [2.05, 4.69) is 28.7 Å². The Bertz CT molecular complexity index is 358. The van der Waals surface area contributed by atoms with Crippen LogP contribution in [0.15, 0.2) is 6.33 Å².